The molecule has 2 aromatic carbocycles. The average molecular weight is 390 g/mol. The highest BCUT2D eigenvalue weighted by atomic mass is 32.2. The Morgan fingerprint density at radius 2 is 1.48 bits per heavy atom. The molecule has 0 aliphatic heterocycles. The minimum atomic E-state index is -4.51. The van der Waals surface area contributed by atoms with Gasteiger partial charge in [-0.25, -0.2) is 34.6 Å². The second-order valence-electron chi connectivity index (χ2n) is 5.27. The van der Waals surface area contributed by atoms with Crippen LogP contribution in [0.15, 0.2) is 52.3 Å². The van der Waals surface area contributed by atoms with E-state index in [9.17, 15) is 25.6 Å². The lowest BCUT2D eigenvalue weighted by Crippen LogP contribution is -2.28. The maximum Gasteiger partial charge on any atom is 0.246 e. The number of nitrogens with zero attached hydrogens (tertiary/aromatic N) is 1. The molecular formula is C15H16F2N2O4S2. The summed E-state index contributed by atoms with van der Waals surface area (Å²) in [5.74, 6) is -2.47. The van der Waals surface area contributed by atoms with Gasteiger partial charge in [-0.2, -0.15) is 0 Å². The summed E-state index contributed by atoms with van der Waals surface area (Å²) < 4.78 is 79.3. The molecule has 0 atom stereocenters. The quantitative estimate of drug-likeness (QED) is 0.814. The number of hydrogen-bond acceptors (Lipinski definition) is 4. The van der Waals surface area contributed by atoms with Crippen LogP contribution in [0, 0.1) is 11.6 Å². The first kappa shape index (κ1) is 19.4. The Morgan fingerprint density at radius 3 is 2.04 bits per heavy atom. The van der Waals surface area contributed by atoms with Gasteiger partial charge in [-0.05, 0) is 23.8 Å². The summed E-state index contributed by atoms with van der Waals surface area (Å²) in [7, 11) is -5.64. The van der Waals surface area contributed by atoms with E-state index in [2.05, 4.69) is 0 Å². The van der Waals surface area contributed by atoms with E-state index in [4.69, 9.17) is 0 Å². The molecule has 6 nitrogen and oxygen atoms in total. The van der Waals surface area contributed by atoms with Crippen LogP contribution in [-0.2, 0) is 26.6 Å². The predicted octanol–water partition coefficient (Wildman–Crippen LogP) is 1.69. The van der Waals surface area contributed by atoms with Gasteiger partial charge in [-0.1, -0.05) is 24.3 Å². The van der Waals surface area contributed by atoms with E-state index in [-0.39, 0.29) is 10.5 Å². The highest BCUT2D eigenvalue weighted by molar-refractivity contribution is 7.89. The summed E-state index contributed by atoms with van der Waals surface area (Å²) in [5, 5.41) is 0. The highest BCUT2D eigenvalue weighted by Gasteiger charge is 2.25. The van der Waals surface area contributed by atoms with Crippen molar-refractivity contribution in [1.29, 1.82) is 0 Å². The number of nitrogens with one attached hydrogen (secondary N) is 1. The van der Waals surface area contributed by atoms with Crippen LogP contribution in [-0.4, -0.2) is 35.2 Å². The normalized spacial score (nSPS) is 12.5. The summed E-state index contributed by atoms with van der Waals surface area (Å²) in [6.07, 6.45) is 0. The van der Waals surface area contributed by atoms with E-state index >= 15 is 0 Å². The summed E-state index contributed by atoms with van der Waals surface area (Å²) in [4.78, 5) is -1.21. The van der Waals surface area contributed by atoms with Crippen molar-refractivity contribution < 1.29 is 25.6 Å². The Bertz CT molecular complexity index is 970. The maximum absolute atomic E-state index is 13.7. The zero-order valence-corrected chi connectivity index (χ0v) is 15.0. The molecule has 0 saturated heterocycles. The molecule has 0 aliphatic carbocycles. The van der Waals surface area contributed by atoms with E-state index in [0.29, 0.717) is 0 Å². The van der Waals surface area contributed by atoms with Gasteiger partial charge < -0.3 is 0 Å². The van der Waals surface area contributed by atoms with Crippen LogP contribution in [0.25, 0.3) is 0 Å². The van der Waals surface area contributed by atoms with Crippen molar-refractivity contribution in [2.45, 2.75) is 16.3 Å². The molecule has 2 aromatic rings. The van der Waals surface area contributed by atoms with Crippen LogP contribution in [0.4, 0.5) is 8.78 Å². The number of halogens is 2. The van der Waals surface area contributed by atoms with Gasteiger partial charge in [-0.3, -0.25) is 0 Å². The second kappa shape index (κ2) is 7.16. The van der Waals surface area contributed by atoms with Gasteiger partial charge in [0, 0.05) is 20.6 Å². The number of benzene rings is 2. The fourth-order valence-corrected chi connectivity index (χ4v) is 4.34. The van der Waals surface area contributed by atoms with Crippen LogP contribution in [0.1, 0.15) is 5.56 Å². The molecular weight excluding hydrogens is 374 g/mol. The minimum Gasteiger partial charge on any atom is -0.207 e. The van der Waals surface area contributed by atoms with Crippen molar-refractivity contribution in [3.63, 3.8) is 0 Å². The largest absolute Gasteiger partial charge is 0.246 e. The van der Waals surface area contributed by atoms with Crippen LogP contribution in [0.3, 0.4) is 0 Å². The van der Waals surface area contributed by atoms with Crippen LogP contribution in [0.5, 0.6) is 0 Å². The molecule has 0 heterocycles. The SMILES string of the molecule is CN(C)S(=O)(=O)c1ccccc1CNS(=O)(=O)c1c(F)cccc1F. The van der Waals surface area contributed by atoms with Crippen molar-refractivity contribution in [1.82, 2.24) is 9.03 Å². The standard InChI is InChI=1S/C15H16F2N2O4S2/c1-19(2)25(22,23)14-9-4-3-6-11(14)10-18-24(20,21)15-12(16)7-5-8-13(15)17/h3-9,18H,10H2,1-2H3. The molecule has 0 fully saturated rings. The highest BCUT2D eigenvalue weighted by Crippen LogP contribution is 2.21. The van der Waals surface area contributed by atoms with Gasteiger partial charge in [0.1, 0.15) is 11.6 Å². The monoisotopic (exact) mass is 390 g/mol. The summed E-state index contributed by atoms with van der Waals surface area (Å²) in [5.41, 5.74) is 0.150. The van der Waals surface area contributed by atoms with Crippen LogP contribution < -0.4 is 4.72 Å². The fourth-order valence-electron chi connectivity index (χ4n) is 2.08. The van der Waals surface area contributed by atoms with Crippen molar-refractivity contribution in [3.05, 3.63) is 59.7 Å². The van der Waals surface area contributed by atoms with Gasteiger partial charge in [0.05, 0.1) is 4.90 Å². The van der Waals surface area contributed by atoms with Gasteiger partial charge in [0.25, 0.3) is 0 Å². The third-order valence-corrected chi connectivity index (χ3v) is 6.74. The Hall–Kier alpha value is -1.88. The first-order valence-electron chi connectivity index (χ1n) is 7.01. The number of rotatable bonds is 6. The minimum absolute atomic E-state index is 0.100. The lowest BCUT2D eigenvalue weighted by atomic mass is 10.2. The molecule has 1 N–H and O–H groups in total. The third-order valence-electron chi connectivity index (χ3n) is 3.37. The van der Waals surface area contributed by atoms with E-state index in [1.54, 1.807) is 0 Å². The molecule has 0 aromatic heterocycles. The van der Waals surface area contributed by atoms with Gasteiger partial charge in [0.2, 0.25) is 20.0 Å². The summed E-state index contributed by atoms with van der Waals surface area (Å²) >= 11 is 0. The smallest absolute Gasteiger partial charge is 0.207 e. The molecule has 25 heavy (non-hydrogen) atoms. The first-order valence-corrected chi connectivity index (χ1v) is 9.94. The Labute approximate surface area is 145 Å². The fraction of sp³-hybridized carbons (Fsp3) is 0.200. The van der Waals surface area contributed by atoms with Crippen molar-refractivity contribution in [2.75, 3.05) is 14.1 Å². The molecule has 136 valence electrons. The zero-order chi connectivity index (χ0) is 18.8. The lowest BCUT2D eigenvalue weighted by molar-refractivity contribution is 0.511. The Balaban J connectivity index is 2.37. The summed E-state index contributed by atoms with van der Waals surface area (Å²) in [6, 6.07) is 8.44. The lowest BCUT2D eigenvalue weighted by Gasteiger charge is -2.15. The zero-order valence-electron chi connectivity index (χ0n) is 13.4. The molecule has 0 unspecified atom stereocenters. The first-order chi connectivity index (χ1) is 11.6. The van der Waals surface area contributed by atoms with E-state index in [0.717, 1.165) is 22.5 Å². The van der Waals surface area contributed by atoms with E-state index < -0.39 is 43.1 Å². The molecule has 0 radical (unpaired) electrons. The molecule has 0 amide bonds. The average Bonchev–Trinajstić information content (AvgIpc) is 2.52. The number of hydrogen-bond donors (Lipinski definition) is 1. The Kier molecular flexibility index (Phi) is 5.57. The molecule has 0 saturated carbocycles. The van der Waals surface area contributed by atoms with Crippen molar-refractivity contribution >= 4 is 20.0 Å². The molecule has 0 bridgehead atoms. The Morgan fingerprint density at radius 1 is 0.920 bits per heavy atom. The van der Waals surface area contributed by atoms with Crippen LogP contribution >= 0.6 is 0 Å². The van der Waals surface area contributed by atoms with Gasteiger partial charge in [0.15, 0.2) is 4.90 Å². The molecule has 10 heteroatoms. The van der Waals surface area contributed by atoms with Crippen molar-refractivity contribution in [2.24, 2.45) is 0 Å². The summed E-state index contributed by atoms with van der Waals surface area (Å²) in [6.45, 7) is -0.445. The van der Waals surface area contributed by atoms with E-state index in [1.807, 2.05) is 4.72 Å². The molecule has 2 rings (SSSR count). The van der Waals surface area contributed by atoms with Gasteiger partial charge in [-0.15, -0.1) is 0 Å². The molecule has 0 spiro atoms. The second-order valence-corrected chi connectivity index (χ2v) is 9.09. The predicted molar refractivity (Wildman–Crippen MR) is 87.7 cm³/mol. The van der Waals surface area contributed by atoms with E-state index in [1.165, 1.54) is 38.4 Å². The maximum atomic E-state index is 13.7. The van der Waals surface area contributed by atoms with Crippen molar-refractivity contribution in [3.8, 4) is 0 Å². The topological polar surface area (TPSA) is 83.6 Å². The van der Waals surface area contributed by atoms with Gasteiger partial charge >= 0.3 is 0 Å². The number of sulfonamides is 2. The molecule has 0 aliphatic rings. The van der Waals surface area contributed by atoms with Crippen LogP contribution in [0.2, 0.25) is 0 Å². The third kappa shape index (κ3) is 4.03.